The minimum Gasteiger partial charge on any atom is -0.480 e. The monoisotopic (exact) mass is 303 g/mol. The van der Waals surface area contributed by atoms with E-state index in [1.807, 2.05) is 0 Å². The van der Waals surface area contributed by atoms with E-state index in [0.717, 1.165) is 19.3 Å². The van der Waals surface area contributed by atoms with Crippen LogP contribution >= 0.6 is 0 Å². The number of hydrogen-bond acceptors (Lipinski definition) is 4. The lowest BCUT2D eigenvalue weighted by molar-refractivity contribution is -0.148. The molecule has 3 atom stereocenters. The number of likely N-dealkylation sites (tertiary alicyclic amines) is 1. The molecular weight excluding hydrogens is 278 g/mol. The molecule has 2 aliphatic rings. The first kappa shape index (κ1) is 15.8. The zero-order chi connectivity index (χ0) is 14.8. The zero-order valence-electron chi connectivity index (χ0n) is 12.1. The third kappa shape index (κ3) is 3.95. The minimum atomic E-state index is -2.97. The summed E-state index contributed by atoms with van der Waals surface area (Å²) in [5.41, 5.74) is 0. The van der Waals surface area contributed by atoms with Crippen molar-refractivity contribution in [3.8, 4) is 0 Å². The predicted molar refractivity (Wildman–Crippen MR) is 77.4 cm³/mol. The van der Waals surface area contributed by atoms with Gasteiger partial charge in [-0.05, 0) is 38.0 Å². The maximum Gasteiger partial charge on any atom is 0.320 e. The summed E-state index contributed by atoms with van der Waals surface area (Å²) in [6.07, 6.45) is 8.14. The molecule has 2 fully saturated rings. The Balaban J connectivity index is 2.03. The quantitative estimate of drug-likeness (QED) is 0.833. The largest absolute Gasteiger partial charge is 0.480 e. The van der Waals surface area contributed by atoms with Crippen molar-refractivity contribution in [2.45, 2.75) is 57.0 Å². The molecule has 1 saturated carbocycles. The topological polar surface area (TPSA) is 74.7 Å². The van der Waals surface area contributed by atoms with Crippen LogP contribution in [-0.4, -0.2) is 55.0 Å². The molecule has 1 saturated heterocycles. The second-order valence-corrected chi connectivity index (χ2v) is 8.52. The van der Waals surface area contributed by atoms with E-state index in [0.29, 0.717) is 31.3 Å². The molecule has 116 valence electrons. The van der Waals surface area contributed by atoms with Gasteiger partial charge in [0, 0.05) is 18.8 Å². The summed E-state index contributed by atoms with van der Waals surface area (Å²) in [4.78, 5) is 13.5. The SMILES string of the molecule is CS(=O)(=O)CCCN1C(C(=O)O)CCC2CCCCC21. The van der Waals surface area contributed by atoms with Gasteiger partial charge < -0.3 is 5.11 Å². The Kier molecular flexibility index (Phi) is 5.07. The first-order valence-electron chi connectivity index (χ1n) is 7.55. The highest BCUT2D eigenvalue weighted by molar-refractivity contribution is 7.90. The van der Waals surface area contributed by atoms with Crippen LogP contribution in [0.1, 0.15) is 44.9 Å². The number of piperidine rings is 1. The average Bonchev–Trinajstić information content (AvgIpc) is 2.37. The van der Waals surface area contributed by atoms with Crippen molar-refractivity contribution in [2.75, 3.05) is 18.6 Å². The van der Waals surface area contributed by atoms with Gasteiger partial charge in [-0.15, -0.1) is 0 Å². The molecule has 0 spiro atoms. The lowest BCUT2D eigenvalue weighted by Gasteiger charge is -2.47. The third-order valence-electron chi connectivity index (χ3n) is 4.72. The molecule has 3 unspecified atom stereocenters. The average molecular weight is 303 g/mol. The molecule has 1 aliphatic heterocycles. The summed E-state index contributed by atoms with van der Waals surface area (Å²) in [6, 6.07) is -0.0768. The van der Waals surface area contributed by atoms with E-state index in [1.54, 1.807) is 0 Å². The van der Waals surface area contributed by atoms with E-state index in [1.165, 1.54) is 19.1 Å². The Morgan fingerprint density at radius 2 is 1.90 bits per heavy atom. The van der Waals surface area contributed by atoms with Crippen molar-refractivity contribution in [3.05, 3.63) is 0 Å². The van der Waals surface area contributed by atoms with Gasteiger partial charge in [0.1, 0.15) is 15.9 Å². The molecule has 0 radical (unpaired) electrons. The molecule has 20 heavy (non-hydrogen) atoms. The fourth-order valence-corrected chi connectivity index (χ4v) is 4.48. The lowest BCUT2D eigenvalue weighted by Crippen LogP contribution is -2.55. The minimum absolute atomic E-state index is 0.146. The normalized spacial score (nSPS) is 31.8. The number of hydrogen-bond donors (Lipinski definition) is 1. The molecule has 5 nitrogen and oxygen atoms in total. The number of carbonyl (C=O) groups is 1. The number of carboxylic acids is 1. The van der Waals surface area contributed by atoms with Gasteiger partial charge in [0.15, 0.2) is 0 Å². The van der Waals surface area contributed by atoms with E-state index in [9.17, 15) is 18.3 Å². The van der Waals surface area contributed by atoms with Crippen LogP contribution in [0.4, 0.5) is 0 Å². The molecule has 1 aliphatic carbocycles. The fraction of sp³-hybridized carbons (Fsp3) is 0.929. The molecule has 0 aromatic carbocycles. The summed E-state index contributed by atoms with van der Waals surface area (Å²) in [6.45, 7) is 0.588. The van der Waals surface area contributed by atoms with Gasteiger partial charge in [-0.2, -0.15) is 0 Å². The Bertz CT molecular complexity index is 448. The fourth-order valence-electron chi connectivity index (χ4n) is 3.83. The van der Waals surface area contributed by atoms with E-state index in [2.05, 4.69) is 4.90 Å². The Morgan fingerprint density at radius 3 is 2.55 bits per heavy atom. The summed E-state index contributed by atoms with van der Waals surface area (Å²) in [7, 11) is -2.97. The maximum atomic E-state index is 11.4. The molecule has 2 rings (SSSR count). The van der Waals surface area contributed by atoms with Gasteiger partial charge in [0.25, 0.3) is 0 Å². The van der Waals surface area contributed by atoms with E-state index in [-0.39, 0.29) is 5.75 Å². The molecule has 0 aromatic rings. The van der Waals surface area contributed by atoms with E-state index in [4.69, 9.17) is 0 Å². The van der Waals surface area contributed by atoms with Gasteiger partial charge in [-0.1, -0.05) is 12.8 Å². The summed E-state index contributed by atoms with van der Waals surface area (Å²) in [5.74, 6) is -0.00120. The summed E-state index contributed by atoms with van der Waals surface area (Å²) in [5, 5.41) is 9.40. The molecule has 1 heterocycles. The maximum absolute atomic E-state index is 11.4. The zero-order valence-corrected chi connectivity index (χ0v) is 12.9. The smallest absolute Gasteiger partial charge is 0.320 e. The van der Waals surface area contributed by atoms with Crippen LogP contribution in [0, 0.1) is 5.92 Å². The highest BCUT2D eigenvalue weighted by Crippen LogP contribution is 2.37. The van der Waals surface area contributed by atoms with Crippen molar-refractivity contribution in [2.24, 2.45) is 5.92 Å². The number of rotatable bonds is 5. The van der Waals surface area contributed by atoms with Crippen LogP contribution in [0.15, 0.2) is 0 Å². The van der Waals surface area contributed by atoms with Crippen LogP contribution in [0.25, 0.3) is 0 Å². The van der Waals surface area contributed by atoms with Gasteiger partial charge in [-0.3, -0.25) is 9.69 Å². The van der Waals surface area contributed by atoms with Gasteiger partial charge in [0.2, 0.25) is 0 Å². The van der Waals surface area contributed by atoms with Crippen molar-refractivity contribution in [1.82, 2.24) is 4.90 Å². The summed E-state index contributed by atoms with van der Waals surface area (Å²) >= 11 is 0. The van der Waals surface area contributed by atoms with E-state index >= 15 is 0 Å². The molecule has 1 N–H and O–H groups in total. The summed E-state index contributed by atoms with van der Waals surface area (Å²) < 4.78 is 22.5. The first-order valence-corrected chi connectivity index (χ1v) is 9.61. The molecule has 0 bridgehead atoms. The molecule has 0 aromatic heterocycles. The van der Waals surface area contributed by atoms with Crippen molar-refractivity contribution >= 4 is 15.8 Å². The van der Waals surface area contributed by atoms with Gasteiger partial charge >= 0.3 is 5.97 Å². The molecule has 6 heteroatoms. The second-order valence-electron chi connectivity index (χ2n) is 6.26. The molecule has 0 amide bonds. The number of fused-ring (bicyclic) bond motifs is 1. The Morgan fingerprint density at radius 1 is 1.20 bits per heavy atom. The van der Waals surface area contributed by atoms with Crippen LogP contribution in [0.3, 0.4) is 0 Å². The van der Waals surface area contributed by atoms with Crippen LogP contribution < -0.4 is 0 Å². The van der Waals surface area contributed by atoms with Crippen molar-refractivity contribution in [1.29, 1.82) is 0 Å². The number of nitrogens with zero attached hydrogens (tertiary/aromatic N) is 1. The molecular formula is C14H25NO4S. The Hall–Kier alpha value is -0.620. The Labute approximate surface area is 121 Å². The van der Waals surface area contributed by atoms with Crippen molar-refractivity contribution in [3.63, 3.8) is 0 Å². The highest BCUT2D eigenvalue weighted by Gasteiger charge is 2.40. The third-order valence-corrected chi connectivity index (χ3v) is 5.75. The van der Waals surface area contributed by atoms with Gasteiger partial charge in [0.05, 0.1) is 5.75 Å². The number of aliphatic carboxylic acids is 1. The second kappa shape index (κ2) is 6.43. The number of carboxylic acid groups (broad SMARTS) is 1. The first-order chi connectivity index (χ1) is 9.38. The van der Waals surface area contributed by atoms with Crippen molar-refractivity contribution < 1.29 is 18.3 Å². The van der Waals surface area contributed by atoms with Crippen LogP contribution in [-0.2, 0) is 14.6 Å². The predicted octanol–water partition coefficient (Wildman–Crippen LogP) is 1.53. The van der Waals surface area contributed by atoms with Crippen LogP contribution in [0.2, 0.25) is 0 Å². The lowest BCUT2D eigenvalue weighted by atomic mass is 9.76. The standard InChI is InChI=1S/C14H25NO4S/c1-20(18,19)10-4-9-15-12-6-3-2-5-11(12)7-8-13(15)14(16)17/h11-13H,2-10H2,1H3,(H,16,17). The van der Waals surface area contributed by atoms with E-state index < -0.39 is 21.8 Å². The number of sulfone groups is 1. The van der Waals surface area contributed by atoms with Crippen LogP contribution in [0.5, 0.6) is 0 Å². The highest BCUT2D eigenvalue weighted by atomic mass is 32.2. The van der Waals surface area contributed by atoms with Gasteiger partial charge in [-0.25, -0.2) is 8.42 Å².